The van der Waals surface area contributed by atoms with Gasteiger partial charge in [0.05, 0.1) is 17.6 Å². The standard InChI is InChI=1S/C28H39N3O2/c1-4-11-28(32)29-19-10-14-27-30-25-12-6-7-13-26(25)31(27)20-8-9-21-33-24-17-15-23(16-18-24)22(3)5-2/h6-7,12-13,15-18,22H,4-5,8-11,14,19-21H2,1-3H3,(H,29,32). The van der Waals surface area contributed by atoms with Gasteiger partial charge in [0, 0.05) is 25.9 Å². The molecule has 33 heavy (non-hydrogen) atoms. The average Bonchev–Trinajstić information content (AvgIpc) is 3.19. The lowest BCUT2D eigenvalue weighted by molar-refractivity contribution is -0.121. The fourth-order valence-corrected chi connectivity index (χ4v) is 4.05. The van der Waals surface area contributed by atoms with Crippen LogP contribution in [0.25, 0.3) is 11.0 Å². The molecular weight excluding hydrogens is 410 g/mol. The first-order chi connectivity index (χ1) is 16.1. The Morgan fingerprint density at radius 2 is 1.85 bits per heavy atom. The van der Waals surface area contributed by atoms with Gasteiger partial charge in [0.15, 0.2) is 0 Å². The molecule has 0 radical (unpaired) electrons. The molecule has 1 aromatic heterocycles. The number of para-hydroxylation sites is 2. The molecule has 0 saturated carbocycles. The number of hydrogen-bond donors (Lipinski definition) is 1. The molecule has 3 aromatic rings. The summed E-state index contributed by atoms with van der Waals surface area (Å²) in [7, 11) is 0. The number of benzene rings is 2. The number of fused-ring (bicyclic) bond motifs is 1. The van der Waals surface area contributed by atoms with Crippen molar-refractivity contribution in [2.45, 2.75) is 78.2 Å². The second kappa shape index (κ2) is 13.0. The van der Waals surface area contributed by atoms with E-state index in [1.54, 1.807) is 0 Å². The van der Waals surface area contributed by atoms with Crippen molar-refractivity contribution in [3.8, 4) is 5.75 Å². The Bertz CT molecular complexity index is 994. The maximum atomic E-state index is 11.7. The number of carbonyl (C=O) groups excluding carboxylic acids is 1. The van der Waals surface area contributed by atoms with Gasteiger partial charge in [-0.25, -0.2) is 4.98 Å². The maximum Gasteiger partial charge on any atom is 0.219 e. The van der Waals surface area contributed by atoms with Crippen molar-refractivity contribution in [1.29, 1.82) is 0 Å². The molecule has 3 rings (SSSR count). The fourth-order valence-electron chi connectivity index (χ4n) is 4.05. The van der Waals surface area contributed by atoms with Crippen molar-refractivity contribution in [3.05, 3.63) is 59.9 Å². The monoisotopic (exact) mass is 449 g/mol. The topological polar surface area (TPSA) is 56.2 Å². The minimum atomic E-state index is 0.139. The molecule has 1 atom stereocenters. The first-order valence-corrected chi connectivity index (χ1v) is 12.6. The molecule has 0 saturated heterocycles. The molecule has 0 fully saturated rings. The van der Waals surface area contributed by atoms with Crippen LogP contribution in [0.5, 0.6) is 5.75 Å². The van der Waals surface area contributed by atoms with Gasteiger partial charge in [-0.15, -0.1) is 0 Å². The zero-order valence-corrected chi connectivity index (χ0v) is 20.5. The number of imidazole rings is 1. The quantitative estimate of drug-likeness (QED) is 0.296. The SMILES string of the molecule is CCCC(=O)NCCCc1nc2ccccc2n1CCCCOc1ccc(C(C)CC)cc1. The summed E-state index contributed by atoms with van der Waals surface area (Å²) in [6, 6.07) is 16.9. The van der Waals surface area contributed by atoms with Crippen LogP contribution < -0.4 is 10.1 Å². The van der Waals surface area contributed by atoms with E-state index < -0.39 is 0 Å². The first kappa shape index (κ1) is 24.8. The number of carbonyl (C=O) groups is 1. The van der Waals surface area contributed by atoms with Crippen LogP contribution in [0.15, 0.2) is 48.5 Å². The molecule has 1 amide bonds. The molecule has 0 aliphatic heterocycles. The Morgan fingerprint density at radius 3 is 2.61 bits per heavy atom. The number of ether oxygens (including phenoxy) is 1. The number of nitrogens with zero attached hydrogens (tertiary/aromatic N) is 2. The van der Waals surface area contributed by atoms with Crippen LogP contribution in [0, 0.1) is 0 Å². The molecule has 0 spiro atoms. The summed E-state index contributed by atoms with van der Waals surface area (Å²) in [6.07, 6.45) is 6.42. The van der Waals surface area contributed by atoms with Crippen molar-refractivity contribution < 1.29 is 9.53 Å². The molecular formula is C28H39N3O2. The van der Waals surface area contributed by atoms with Crippen LogP contribution in [0.2, 0.25) is 0 Å². The molecule has 1 heterocycles. The highest BCUT2D eigenvalue weighted by Crippen LogP contribution is 2.22. The molecule has 5 nitrogen and oxygen atoms in total. The lowest BCUT2D eigenvalue weighted by Gasteiger charge is -2.12. The van der Waals surface area contributed by atoms with E-state index in [9.17, 15) is 4.79 Å². The third kappa shape index (κ3) is 7.34. The van der Waals surface area contributed by atoms with Crippen molar-refractivity contribution in [1.82, 2.24) is 14.9 Å². The second-order valence-electron chi connectivity index (χ2n) is 8.81. The number of aryl methyl sites for hydroxylation is 2. The molecule has 0 bridgehead atoms. The Hall–Kier alpha value is -2.82. The number of hydrogen-bond acceptors (Lipinski definition) is 3. The van der Waals surface area contributed by atoms with Gasteiger partial charge in [-0.2, -0.15) is 0 Å². The Morgan fingerprint density at radius 1 is 1.06 bits per heavy atom. The minimum Gasteiger partial charge on any atom is -0.494 e. The van der Waals surface area contributed by atoms with Gasteiger partial charge in [0.2, 0.25) is 5.91 Å². The van der Waals surface area contributed by atoms with Gasteiger partial charge >= 0.3 is 0 Å². The average molecular weight is 450 g/mol. The normalized spacial score (nSPS) is 12.1. The highest BCUT2D eigenvalue weighted by molar-refractivity contribution is 5.76. The summed E-state index contributed by atoms with van der Waals surface area (Å²) in [5, 5.41) is 3.00. The van der Waals surface area contributed by atoms with E-state index in [-0.39, 0.29) is 5.91 Å². The van der Waals surface area contributed by atoms with Crippen LogP contribution in [0.4, 0.5) is 0 Å². The van der Waals surface area contributed by atoms with Crippen molar-refractivity contribution in [2.75, 3.05) is 13.2 Å². The van der Waals surface area contributed by atoms with Gasteiger partial charge < -0.3 is 14.6 Å². The van der Waals surface area contributed by atoms with Gasteiger partial charge in [-0.05, 0) is 67.9 Å². The number of rotatable bonds is 14. The van der Waals surface area contributed by atoms with E-state index in [0.717, 1.165) is 62.2 Å². The third-order valence-electron chi connectivity index (χ3n) is 6.22. The highest BCUT2D eigenvalue weighted by Gasteiger charge is 2.10. The highest BCUT2D eigenvalue weighted by atomic mass is 16.5. The lowest BCUT2D eigenvalue weighted by Crippen LogP contribution is -2.24. The number of nitrogens with one attached hydrogen (secondary N) is 1. The summed E-state index contributed by atoms with van der Waals surface area (Å²) in [4.78, 5) is 16.5. The number of amides is 1. The summed E-state index contributed by atoms with van der Waals surface area (Å²) in [5.41, 5.74) is 3.60. The lowest BCUT2D eigenvalue weighted by atomic mass is 9.99. The molecule has 0 aliphatic carbocycles. The molecule has 2 aromatic carbocycles. The van der Waals surface area contributed by atoms with Gasteiger partial charge in [-0.3, -0.25) is 4.79 Å². The van der Waals surface area contributed by atoms with Crippen LogP contribution in [0.1, 0.15) is 76.6 Å². The van der Waals surface area contributed by atoms with Gasteiger partial charge in [0.25, 0.3) is 0 Å². The smallest absolute Gasteiger partial charge is 0.219 e. The molecule has 0 aliphatic rings. The molecule has 1 unspecified atom stereocenters. The van der Waals surface area contributed by atoms with Crippen LogP contribution in [-0.2, 0) is 17.8 Å². The van der Waals surface area contributed by atoms with Crippen LogP contribution in [-0.4, -0.2) is 28.6 Å². The van der Waals surface area contributed by atoms with Crippen molar-refractivity contribution in [2.24, 2.45) is 0 Å². The van der Waals surface area contributed by atoms with E-state index in [1.165, 1.54) is 11.1 Å². The number of aromatic nitrogens is 2. The predicted molar refractivity (Wildman–Crippen MR) is 136 cm³/mol. The predicted octanol–water partition coefficient (Wildman–Crippen LogP) is 6.26. The largest absolute Gasteiger partial charge is 0.494 e. The summed E-state index contributed by atoms with van der Waals surface area (Å²) >= 11 is 0. The van der Waals surface area contributed by atoms with E-state index in [2.05, 4.69) is 66.2 Å². The van der Waals surface area contributed by atoms with Crippen LogP contribution >= 0.6 is 0 Å². The third-order valence-corrected chi connectivity index (χ3v) is 6.22. The van der Waals surface area contributed by atoms with Crippen molar-refractivity contribution >= 4 is 16.9 Å². The second-order valence-corrected chi connectivity index (χ2v) is 8.81. The van der Waals surface area contributed by atoms with Crippen LogP contribution in [0.3, 0.4) is 0 Å². The minimum absolute atomic E-state index is 0.139. The summed E-state index contributed by atoms with van der Waals surface area (Å²) in [5.74, 6) is 2.77. The maximum absolute atomic E-state index is 11.7. The van der Waals surface area contributed by atoms with E-state index >= 15 is 0 Å². The summed E-state index contributed by atoms with van der Waals surface area (Å²) < 4.78 is 8.31. The Kier molecular flexibility index (Phi) is 9.79. The van der Waals surface area contributed by atoms with Crippen molar-refractivity contribution in [3.63, 3.8) is 0 Å². The molecule has 5 heteroatoms. The van der Waals surface area contributed by atoms with E-state index in [4.69, 9.17) is 9.72 Å². The zero-order chi connectivity index (χ0) is 23.5. The molecule has 178 valence electrons. The molecule has 1 N–H and O–H groups in total. The number of unbranched alkanes of at least 4 members (excludes halogenated alkanes) is 1. The van der Waals surface area contributed by atoms with E-state index in [0.29, 0.717) is 25.5 Å². The van der Waals surface area contributed by atoms with E-state index in [1.807, 2.05) is 13.0 Å². The summed E-state index contributed by atoms with van der Waals surface area (Å²) in [6.45, 7) is 8.84. The first-order valence-electron chi connectivity index (χ1n) is 12.6. The van der Waals surface area contributed by atoms with Gasteiger partial charge in [-0.1, -0.05) is 45.0 Å². The zero-order valence-electron chi connectivity index (χ0n) is 20.5. The van der Waals surface area contributed by atoms with Gasteiger partial charge in [0.1, 0.15) is 11.6 Å². The fraction of sp³-hybridized carbons (Fsp3) is 0.500. The Balaban J connectivity index is 1.48. The Labute approximate surface area is 198 Å².